The van der Waals surface area contributed by atoms with Gasteiger partial charge in [-0.3, -0.25) is 4.79 Å². The van der Waals surface area contributed by atoms with Gasteiger partial charge in [-0.05, 0) is 30.7 Å². The van der Waals surface area contributed by atoms with Gasteiger partial charge in [0.15, 0.2) is 0 Å². The summed E-state index contributed by atoms with van der Waals surface area (Å²) in [6.45, 7) is 7.66. The Kier molecular flexibility index (Phi) is 5.60. The first-order valence-corrected chi connectivity index (χ1v) is 5.26. The lowest BCUT2D eigenvalue weighted by molar-refractivity contribution is -0.144. The monoisotopic (exact) mass is 235 g/mol. The van der Waals surface area contributed by atoms with E-state index in [0.717, 1.165) is 19.4 Å². The van der Waals surface area contributed by atoms with Gasteiger partial charge in [-0.15, -0.1) is 12.4 Å². The number of methoxy groups -OCH3 is 1. The summed E-state index contributed by atoms with van der Waals surface area (Å²) in [4.78, 5) is 11.2. The lowest BCUT2D eigenvalue weighted by Gasteiger charge is -2.36. The van der Waals surface area contributed by atoms with Crippen LogP contribution in [0.15, 0.2) is 0 Å². The second-order valence-electron chi connectivity index (χ2n) is 5.12. The van der Waals surface area contributed by atoms with Crippen molar-refractivity contribution in [3.05, 3.63) is 0 Å². The predicted octanol–water partition coefficient (Wildman–Crippen LogP) is 2.00. The number of rotatable bonds is 1. The Balaban J connectivity index is 0.00000196. The summed E-state index contributed by atoms with van der Waals surface area (Å²) in [6, 6.07) is -0.0846. The van der Waals surface area contributed by atoms with Gasteiger partial charge in [0.25, 0.3) is 0 Å². The highest BCUT2D eigenvalue weighted by atomic mass is 35.5. The largest absolute Gasteiger partial charge is 0.468 e. The standard InChI is InChI=1S/C11H21NO2.ClH/c1-11(2,3)8-5-6-9(12-7-8)10(13)14-4;/h8-9,12H,5-7H2,1-4H3;1H. The third-order valence-corrected chi connectivity index (χ3v) is 3.12. The first kappa shape index (κ1) is 14.7. The molecule has 1 aliphatic heterocycles. The third kappa shape index (κ3) is 3.99. The van der Waals surface area contributed by atoms with Crippen LogP contribution in [0.1, 0.15) is 33.6 Å². The molecule has 1 N–H and O–H groups in total. The molecule has 0 aromatic carbocycles. The van der Waals surface area contributed by atoms with Crippen molar-refractivity contribution in [3.8, 4) is 0 Å². The molecule has 2 unspecified atom stereocenters. The van der Waals surface area contributed by atoms with Crippen LogP contribution in [0.2, 0.25) is 0 Å². The average Bonchev–Trinajstić information content (AvgIpc) is 2.15. The number of ether oxygens (including phenoxy) is 1. The Morgan fingerprint density at radius 2 is 1.93 bits per heavy atom. The molecule has 4 heteroatoms. The van der Waals surface area contributed by atoms with Crippen LogP contribution < -0.4 is 5.32 Å². The van der Waals surface area contributed by atoms with Crippen molar-refractivity contribution in [2.45, 2.75) is 39.7 Å². The molecule has 1 aliphatic rings. The van der Waals surface area contributed by atoms with Gasteiger partial charge in [-0.25, -0.2) is 0 Å². The summed E-state index contributed by atoms with van der Waals surface area (Å²) in [7, 11) is 1.44. The van der Waals surface area contributed by atoms with Crippen molar-refractivity contribution in [1.29, 1.82) is 0 Å². The second kappa shape index (κ2) is 5.71. The number of hydrogen-bond acceptors (Lipinski definition) is 3. The Labute approximate surface area is 98.4 Å². The molecule has 0 aromatic rings. The van der Waals surface area contributed by atoms with Gasteiger partial charge >= 0.3 is 5.97 Å². The minimum Gasteiger partial charge on any atom is -0.468 e. The van der Waals surface area contributed by atoms with Crippen molar-refractivity contribution in [2.24, 2.45) is 11.3 Å². The van der Waals surface area contributed by atoms with E-state index in [2.05, 4.69) is 26.1 Å². The number of piperidine rings is 1. The van der Waals surface area contributed by atoms with Crippen LogP contribution in [0, 0.1) is 11.3 Å². The smallest absolute Gasteiger partial charge is 0.322 e. The SMILES string of the molecule is COC(=O)C1CCC(C(C)(C)C)CN1.Cl. The van der Waals surface area contributed by atoms with Crippen LogP contribution in [-0.4, -0.2) is 25.7 Å². The topological polar surface area (TPSA) is 38.3 Å². The number of carbonyl (C=O) groups is 1. The van der Waals surface area contributed by atoms with E-state index in [0.29, 0.717) is 11.3 Å². The molecule has 90 valence electrons. The quantitative estimate of drug-likeness (QED) is 0.707. The minimum absolute atomic E-state index is 0. The van der Waals surface area contributed by atoms with E-state index in [1.165, 1.54) is 7.11 Å². The Hall–Kier alpha value is -0.280. The van der Waals surface area contributed by atoms with Crippen molar-refractivity contribution >= 4 is 18.4 Å². The number of halogens is 1. The highest BCUT2D eigenvalue weighted by Crippen LogP contribution is 2.31. The summed E-state index contributed by atoms with van der Waals surface area (Å²) in [5, 5.41) is 3.25. The molecule has 0 radical (unpaired) electrons. The Morgan fingerprint density at radius 3 is 2.27 bits per heavy atom. The summed E-state index contributed by atoms with van der Waals surface area (Å²) in [5.41, 5.74) is 0.327. The molecule has 0 amide bonds. The van der Waals surface area contributed by atoms with Gasteiger partial charge in [0.05, 0.1) is 7.11 Å². The van der Waals surface area contributed by atoms with Crippen LogP contribution in [0.4, 0.5) is 0 Å². The second-order valence-corrected chi connectivity index (χ2v) is 5.12. The van der Waals surface area contributed by atoms with Gasteiger partial charge in [-0.1, -0.05) is 20.8 Å². The first-order valence-electron chi connectivity index (χ1n) is 5.26. The van der Waals surface area contributed by atoms with Crippen LogP contribution >= 0.6 is 12.4 Å². The molecule has 1 heterocycles. The van der Waals surface area contributed by atoms with Gasteiger partial charge in [0, 0.05) is 0 Å². The number of nitrogens with one attached hydrogen (secondary N) is 1. The maximum absolute atomic E-state index is 11.2. The zero-order valence-corrected chi connectivity index (χ0v) is 10.8. The highest BCUT2D eigenvalue weighted by Gasteiger charge is 2.32. The molecular formula is C11H22ClNO2. The zero-order valence-electron chi connectivity index (χ0n) is 10.0. The first-order chi connectivity index (χ1) is 6.45. The van der Waals surface area contributed by atoms with E-state index in [9.17, 15) is 4.79 Å². The normalized spacial score (nSPS) is 26.7. The van der Waals surface area contributed by atoms with E-state index in [-0.39, 0.29) is 24.4 Å². The molecule has 3 nitrogen and oxygen atoms in total. The van der Waals surface area contributed by atoms with Crippen molar-refractivity contribution in [2.75, 3.05) is 13.7 Å². The fourth-order valence-corrected chi connectivity index (χ4v) is 1.94. The average molecular weight is 236 g/mol. The maximum atomic E-state index is 11.2. The van der Waals surface area contributed by atoms with E-state index in [1.54, 1.807) is 0 Å². The fraction of sp³-hybridized carbons (Fsp3) is 0.909. The van der Waals surface area contributed by atoms with Gasteiger partial charge in [0.1, 0.15) is 6.04 Å². The summed E-state index contributed by atoms with van der Waals surface area (Å²) in [6.07, 6.45) is 2.00. The predicted molar refractivity (Wildman–Crippen MR) is 63.2 cm³/mol. The van der Waals surface area contributed by atoms with Crippen LogP contribution in [0.3, 0.4) is 0 Å². The molecule has 0 spiro atoms. The maximum Gasteiger partial charge on any atom is 0.322 e. The number of esters is 1. The lowest BCUT2D eigenvalue weighted by Crippen LogP contribution is -2.47. The number of hydrogen-bond donors (Lipinski definition) is 1. The molecule has 0 aromatic heterocycles. The Bertz CT molecular complexity index is 205. The van der Waals surface area contributed by atoms with Gasteiger partial charge in [0.2, 0.25) is 0 Å². The molecule has 0 saturated carbocycles. The van der Waals surface area contributed by atoms with Gasteiger partial charge in [-0.2, -0.15) is 0 Å². The fourth-order valence-electron chi connectivity index (χ4n) is 1.94. The summed E-state index contributed by atoms with van der Waals surface area (Å²) < 4.78 is 4.71. The van der Waals surface area contributed by atoms with E-state index in [4.69, 9.17) is 4.74 Å². The molecule has 2 atom stereocenters. The lowest BCUT2D eigenvalue weighted by atomic mass is 9.75. The summed E-state index contributed by atoms with van der Waals surface area (Å²) >= 11 is 0. The molecule has 1 fully saturated rings. The molecule has 1 rings (SSSR count). The Morgan fingerprint density at radius 1 is 1.33 bits per heavy atom. The molecule has 1 saturated heterocycles. The van der Waals surface area contributed by atoms with Crippen LogP contribution in [0.5, 0.6) is 0 Å². The highest BCUT2D eigenvalue weighted by molar-refractivity contribution is 5.85. The van der Waals surface area contributed by atoms with Crippen molar-refractivity contribution < 1.29 is 9.53 Å². The van der Waals surface area contributed by atoms with Crippen molar-refractivity contribution in [1.82, 2.24) is 5.32 Å². The van der Waals surface area contributed by atoms with E-state index >= 15 is 0 Å². The van der Waals surface area contributed by atoms with Crippen molar-refractivity contribution in [3.63, 3.8) is 0 Å². The zero-order chi connectivity index (χ0) is 10.8. The molecular weight excluding hydrogens is 214 g/mol. The minimum atomic E-state index is -0.127. The molecule has 15 heavy (non-hydrogen) atoms. The number of carbonyl (C=O) groups excluding carboxylic acids is 1. The third-order valence-electron chi connectivity index (χ3n) is 3.12. The molecule has 0 bridgehead atoms. The van der Waals surface area contributed by atoms with E-state index < -0.39 is 0 Å². The van der Waals surface area contributed by atoms with E-state index in [1.807, 2.05) is 0 Å². The van der Waals surface area contributed by atoms with Crippen LogP contribution in [0.25, 0.3) is 0 Å². The van der Waals surface area contributed by atoms with Crippen LogP contribution in [-0.2, 0) is 9.53 Å². The molecule has 0 aliphatic carbocycles. The van der Waals surface area contributed by atoms with Gasteiger partial charge < -0.3 is 10.1 Å². The summed E-state index contributed by atoms with van der Waals surface area (Å²) in [5.74, 6) is 0.528.